The molecule has 1 aromatic carbocycles. The van der Waals surface area contributed by atoms with Crippen molar-refractivity contribution in [2.24, 2.45) is 0 Å². The molecule has 0 spiro atoms. The van der Waals surface area contributed by atoms with Gasteiger partial charge in [-0.3, -0.25) is 0 Å². The third kappa shape index (κ3) is 4.87. The second-order valence-corrected chi connectivity index (χ2v) is 6.41. The summed E-state index contributed by atoms with van der Waals surface area (Å²) in [5.74, 6) is 0.925. The van der Waals surface area contributed by atoms with E-state index in [9.17, 15) is 0 Å². The summed E-state index contributed by atoms with van der Waals surface area (Å²) < 4.78 is 5.19. The van der Waals surface area contributed by atoms with E-state index >= 15 is 0 Å². The monoisotopic (exact) mass is 303 g/mol. The number of methoxy groups -OCH3 is 1. The predicted molar refractivity (Wildman–Crippen MR) is 91.3 cm³/mol. The van der Waals surface area contributed by atoms with Crippen LogP contribution in [-0.4, -0.2) is 13.2 Å². The molecule has 1 N–H and O–H groups in total. The zero-order chi connectivity index (χ0) is 15.1. The molecule has 0 bridgehead atoms. The molecule has 3 heteroatoms. The first-order chi connectivity index (χ1) is 10.2. The zero-order valence-corrected chi connectivity index (χ0v) is 14.0. The molecule has 0 radical (unpaired) electrons. The smallest absolute Gasteiger partial charge is 0.118 e. The molecular formula is C18H25NOS. The van der Waals surface area contributed by atoms with Gasteiger partial charge in [0, 0.05) is 17.0 Å². The van der Waals surface area contributed by atoms with Crippen LogP contribution >= 0.6 is 11.3 Å². The van der Waals surface area contributed by atoms with Crippen molar-refractivity contribution >= 4 is 11.3 Å². The minimum atomic E-state index is 0.482. The molecule has 0 saturated heterocycles. The SMILES string of the molecule is CCC(NC(C)CCc1ccc(OC)cc1)c1cccs1. The second-order valence-electron chi connectivity index (χ2n) is 5.43. The van der Waals surface area contributed by atoms with Crippen molar-refractivity contribution in [1.82, 2.24) is 5.32 Å². The Morgan fingerprint density at radius 2 is 1.95 bits per heavy atom. The van der Waals surface area contributed by atoms with Gasteiger partial charge in [0.2, 0.25) is 0 Å². The van der Waals surface area contributed by atoms with Crippen molar-refractivity contribution in [2.45, 2.75) is 45.2 Å². The lowest BCUT2D eigenvalue weighted by Crippen LogP contribution is -2.30. The van der Waals surface area contributed by atoms with E-state index in [-0.39, 0.29) is 0 Å². The minimum Gasteiger partial charge on any atom is -0.497 e. The van der Waals surface area contributed by atoms with Crippen molar-refractivity contribution < 1.29 is 4.74 Å². The number of ether oxygens (including phenoxy) is 1. The molecule has 114 valence electrons. The molecule has 2 unspecified atom stereocenters. The number of rotatable bonds is 8. The molecule has 0 aliphatic carbocycles. The number of nitrogens with one attached hydrogen (secondary N) is 1. The van der Waals surface area contributed by atoms with Gasteiger partial charge in [-0.2, -0.15) is 0 Å². The van der Waals surface area contributed by atoms with Gasteiger partial charge in [0.1, 0.15) is 5.75 Å². The highest BCUT2D eigenvalue weighted by atomic mass is 32.1. The van der Waals surface area contributed by atoms with Crippen molar-refractivity contribution in [3.8, 4) is 5.75 Å². The van der Waals surface area contributed by atoms with Crippen LogP contribution in [-0.2, 0) is 6.42 Å². The van der Waals surface area contributed by atoms with E-state index in [1.165, 1.54) is 10.4 Å². The van der Waals surface area contributed by atoms with Crippen molar-refractivity contribution in [2.75, 3.05) is 7.11 Å². The summed E-state index contributed by atoms with van der Waals surface area (Å²) in [7, 11) is 1.70. The fraction of sp³-hybridized carbons (Fsp3) is 0.444. The van der Waals surface area contributed by atoms with Gasteiger partial charge in [0.05, 0.1) is 7.11 Å². The first-order valence-corrected chi connectivity index (χ1v) is 8.53. The summed E-state index contributed by atoms with van der Waals surface area (Å²) in [4.78, 5) is 1.44. The molecule has 0 fully saturated rings. The first kappa shape index (κ1) is 16.1. The number of hydrogen-bond donors (Lipinski definition) is 1. The average Bonchev–Trinajstić information content (AvgIpc) is 3.05. The van der Waals surface area contributed by atoms with Gasteiger partial charge in [-0.05, 0) is 55.3 Å². The fourth-order valence-corrected chi connectivity index (χ4v) is 3.36. The van der Waals surface area contributed by atoms with Gasteiger partial charge < -0.3 is 10.1 Å². The lowest BCUT2D eigenvalue weighted by atomic mass is 10.0. The van der Waals surface area contributed by atoms with Crippen LogP contribution in [0.15, 0.2) is 41.8 Å². The number of benzene rings is 1. The third-order valence-corrected chi connectivity index (χ3v) is 4.79. The normalized spacial score (nSPS) is 13.9. The van der Waals surface area contributed by atoms with E-state index in [0.717, 1.165) is 25.0 Å². The highest BCUT2D eigenvalue weighted by molar-refractivity contribution is 7.10. The van der Waals surface area contributed by atoms with Crippen LogP contribution in [0.4, 0.5) is 0 Å². The van der Waals surface area contributed by atoms with Crippen molar-refractivity contribution in [3.05, 3.63) is 52.2 Å². The van der Waals surface area contributed by atoms with Gasteiger partial charge in [0.25, 0.3) is 0 Å². The van der Waals surface area contributed by atoms with Gasteiger partial charge in [-0.15, -0.1) is 11.3 Å². The summed E-state index contributed by atoms with van der Waals surface area (Å²) in [6, 6.07) is 13.7. The molecule has 2 nitrogen and oxygen atoms in total. The summed E-state index contributed by atoms with van der Waals surface area (Å²) >= 11 is 1.84. The first-order valence-electron chi connectivity index (χ1n) is 7.65. The molecule has 2 rings (SSSR count). The van der Waals surface area contributed by atoms with Gasteiger partial charge in [-0.1, -0.05) is 25.1 Å². The predicted octanol–water partition coefficient (Wildman–Crippen LogP) is 4.82. The maximum absolute atomic E-state index is 5.19. The third-order valence-electron chi connectivity index (χ3n) is 3.81. The minimum absolute atomic E-state index is 0.482. The Bertz CT molecular complexity index is 507. The average molecular weight is 303 g/mol. The molecular weight excluding hydrogens is 278 g/mol. The lowest BCUT2D eigenvalue weighted by molar-refractivity contribution is 0.414. The van der Waals surface area contributed by atoms with E-state index < -0.39 is 0 Å². The van der Waals surface area contributed by atoms with Crippen molar-refractivity contribution in [3.63, 3.8) is 0 Å². The van der Waals surface area contributed by atoms with E-state index in [2.05, 4.69) is 48.8 Å². The van der Waals surface area contributed by atoms with E-state index in [4.69, 9.17) is 4.74 Å². The van der Waals surface area contributed by atoms with Crippen LogP contribution in [0.3, 0.4) is 0 Å². The largest absolute Gasteiger partial charge is 0.497 e. The summed E-state index contributed by atoms with van der Waals surface area (Å²) in [5.41, 5.74) is 1.37. The fourth-order valence-electron chi connectivity index (χ4n) is 2.49. The highest BCUT2D eigenvalue weighted by Gasteiger charge is 2.13. The van der Waals surface area contributed by atoms with Crippen LogP contribution in [0, 0.1) is 0 Å². The lowest BCUT2D eigenvalue weighted by Gasteiger charge is -2.21. The molecule has 1 heterocycles. The maximum atomic E-state index is 5.19. The van der Waals surface area contributed by atoms with Gasteiger partial charge in [0.15, 0.2) is 0 Å². The standard InChI is InChI=1S/C18H25NOS/c1-4-17(18-6-5-13-21-18)19-14(2)7-8-15-9-11-16(20-3)12-10-15/h5-6,9-14,17,19H,4,7-8H2,1-3H3. The zero-order valence-electron chi connectivity index (χ0n) is 13.1. The number of hydrogen-bond acceptors (Lipinski definition) is 3. The molecule has 0 saturated carbocycles. The highest BCUT2D eigenvalue weighted by Crippen LogP contribution is 2.23. The number of thiophene rings is 1. The molecule has 0 aliphatic rings. The molecule has 21 heavy (non-hydrogen) atoms. The number of aryl methyl sites for hydroxylation is 1. The summed E-state index contributed by atoms with van der Waals surface area (Å²) in [6.45, 7) is 4.52. The van der Waals surface area contributed by atoms with Gasteiger partial charge in [-0.25, -0.2) is 0 Å². The van der Waals surface area contributed by atoms with E-state index in [1.54, 1.807) is 7.11 Å². The molecule has 0 aliphatic heterocycles. The van der Waals surface area contributed by atoms with E-state index in [0.29, 0.717) is 12.1 Å². The Labute approximate surface area is 132 Å². The van der Waals surface area contributed by atoms with Crippen molar-refractivity contribution in [1.29, 1.82) is 0 Å². The Morgan fingerprint density at radius 3 is 2.52 bits per heavy atom. The topological polar surface area (TPSA) is 21.3 Å². The molecule has 0 amide bonds. The van der Waals surface area contributed by atoms with Crippen LogP contribution in [0.2, 0.25) is 0 Å². The maximum Gasteiger partial charge on any atom is 0.118 e. The van der Waals surface area contributed by atoms with Crippen LogP contribution in [0.5, 0.6) is 5.75 Å². The van der Waals surface area contributed by atoms with Crippen LogP contribution in [0.25, 0.3) is 0 Å². The Balaban J connectivity index is 1.82. The molecule has 2 atom stereocenters. The molecule has 1 aromatic heterocycles. The van der Waals surface area contributed by atoms with Crippen LogP contribution in [0.1, 0.15) is 43.2 Å². The summed E-state index contributed by atoms with van der Waals surface area (Å²) in [6.07, 6.45) is 3.38. The van der Waals surface area contributed by atoms with Crippen LogP contribution < -0.4 is 10.1 Å². The second kappa shape index (κ2) is 8.20. The quantitative estimate of drug-likeness (QED) is 0.755. The summed E-state index contributed by atoms with van der Waals surface area (Å²) in [5, 5.41) is 5.90. The Hall–Kier alpha value is -1.32. The van der Waals surface area contributed by atoms with E-state index in [1.807, 2.05) is 23.5 Å². The Morgan fingerprint density at radius 1 is 1.19 bits per heavy atom. The Kier molecular flexibility index (Phi) is 6.27. The molecule has 2 aromatic rings. The van der Waals surface area contributed by atoms with Gasteiger partial charge >= 0.3 is 0 Å².